The van der Waals surface area contributed by atoms with Crippen LogP contribution in [0.2, 0.25) is 0 Å². The molecule has 0 fully saturated rings. The zero-order chi connectivity index (χ0) is 19.6. The Morgan fingerprint density at radius 3 is 2.41 bits per heavy atom. The summed E-state index contributed by atoms with van der Waals surface area (Å²) in [4.78, 5) is 9.23. The Bertz CT molecular complexity index is 1310. The minimum atomic E-state index is -0.568. The molecule has 0 aliphatic carbocycles. The van der Waals surface area contributed by atoms with Gasteiger partial charge in [0.15, 0.2) is 5.82 Å². The molecule has 2 aromatic heterocycles. The van der Waals surface area contributed by atoms with Crippen LogP contribution in [0.1, 0.15) is 5.56 Å². The van der Waals surface area contributed by atoms with Crippen molar-refractivity contribution >= 4 is 45.1 Å². The van der Waals surface area contributed by atoms with Gasteiger partial charge in [-0.05, 0) is 30.3 Å². The number of nitrogens with one attached hydrogen (secondary N) is 3. The van der Waals surface area contributed by atoms with E-state index in [1.54, 1.807) is 12.1 Å². The Morgan fingerprint density at radius 1 is 0.759 bits per heavy atom. The maximum Gasteiger partial charge on any atom is 0.229 e. The van der Waals surface area contributed by atoms with Gasteiger partial charge in [-0.15, -0.1) is 0 Å². The molecule has 0 unspecified atom stereocenters. The fourth-order valence-corrected chi connectivity index (χ4v) is 3.28. The number of anilines is 4. The predicted molar refractivity (Wildman–Crippen MR) is 113 cm³/mol. The summed E-state index contributed by atoms with van der Waals surface area (Å²) in [6.45, 7) is -0.568. The normalized spacial score (nSPS) is 11.1. The first-order valence-corrected chi connectivity index (χ1v) is 9.19. The van der Waals surface area contributed by atoms with E-state index in [-0.39, 0.29) is 0 Å². The summed E-state index contributed by atoms with van der Waals surface area (Å²) in [5, 5.41) is 15.7. The largest absolute Gasteiger partial charge is 0.324 e. The number of halogens is 1. The van der Waals surface area contributed by atoms with Crippen molar-refractivity contribution in [1.82, 2.24) is 20.2 Å². The quantitative estimate of drug-likeness (QED) is 0.375. The summed E-state index contributed by atoms with van der Waals surface area (Å²) in [7, 11) is 0. The van der Waals surface area contributed by atoms with Gasteiger partial charge in [-0.1, -0.05) is 42.5 Å². The SMILES string of the molecule is FCc1ccccc1Nc1nc(Nc2n[nH]c3ccccc23)c2ccccc2n1. The van der Waals surface area contributed by atoms with Crippen molar-refractivity contribution in [2.75, 3.05) is 10.6 Å². The first kappa shape index (κ1) is 17.1. The van der Waals surface area contributed by atoms with E-state index in [0.29, 0.717) is 28.8 Å². The van der Waals surface area contributed by atoms with Crippen molar-refractivity contribution in [3.8, 4) is 0 Å². The van der Waals surface area contributed by atoms with Gasteiger partial charge in [0.2, 0.25) is 5.95 Å². The lowest BCUT2D eigenvalue weighted by atomic mass is 10.2. The Kier molecular flexibility index (Phi) is 4.25. The van der Waals surface area contributed by atoms with Crippen LogP contribution in [0.25, 0.3) is 21.8 Å². The smallest absolute Gasteiger partial charge is 0.229 e. The van der Waals surface area contributed by atoms with E-state index in [2.05, 4.69) is 30.8 Å². The zero-order valence-corrected chi connectivity index (χ0v) is 15.4. The summed E-state index contributed by atoms with van der Waals surface area (Å²) in [6.07, 6.45) is 0. The maximum atomic E-state index is 13.3. The van der Waals surface area contributed by atoms with Gasteiger partial charge in [0.25, 0.3) is 0 Å². The van der Waals surface area contributed by atoms with Crippen molar-refractivity contribution in [1.29, 1.82) is 0 Å². The van der Waals surface area contributed by atoms with E-state index < -0.39 is 6.67 Å². The molecular weight excluding hydrogens is 367 g/mol. The van der Waals surface area contributed by atoms with Gasteiger partial charge in [-0.25, -0.2) is 9.37 Å². The van der Waals surface area contributed by atoms with Crippen LogP contribution in [-0.4, -0.2) is 20.2 Å². The van der Waals surface area contributed by atoms with Crippen LogP contribution in [-0.2, 0) is 6.67 Å². The molecule has 0 amide bonds. The van der Waals surface area contributed by atoms with Crippen LogP contribution in [0, 0.1) is 0 Å². The number of fused-ring (bicyclic) bond motifs is 2. The highest BCUT2D eigenvalue weighted by Gasteiger charge is 2.12. The van der Waals surface area contributed by atoms with Crippen LogP contribution in [0.15, 0.2) is 72.8 Å². The van der Waals surface area contributed by atoms with Crippen molar-refractivity contribution in [3.63, 3.8) is 0 Å². The molecule has 0 spiro atoms. The molecule has 0 atom stereocenters. The average Bonchev–Trinajstić information content (AvgIpc) is 3.17. The van der Waals surface area contributed by atoms with E-state index in [4.69, 9.17) is 0 Å². The van der Waals surface area contributed by atoms with E-state index in [0.717, 1.165) is 21.8 Å². The summed E-state index contributed by atoms with van der Waals surface area (Å²) in [5.74, 6) is 1.68. The van der Waals surface area contributed by atoms with Gasteiger partial charge in [-0.2, -0.15) is 10.1 Å². The van der Waals surface area contributed by atoms with Gasteiger partial charge in [-0.3, -0.25) is 5.10 Å². The number of nitrogens with zero attached hydrogens (tertiary/aromatic N) is 3. The van der Waals surface area contributed by atoms with E-state index in [1.165, 1.54) is 0 Å². The first-order chi connectivity index (χ1) is 14.3. The summed E-state index contributed by atoms with van der Waals surface area (Å²) in [6, 6.07) is 22.8. The van der Waals surface area contributed by atoms with E-state index in [9.17, 15) is 4.39 Å². The second-order valence-electron chi connectivity index (χ2n) is 6.57. The lowest BCUT2D eigenvalue weighted by molar-refractivity contribution is 0.486. The molecule has 2 heterocycles. The van der Waals surface area contributed by atoms with E-state index >= 15 is 0 Å². The highest BCUT2D eigenvalue weighted by atomic mass is 19.1. The van der Waals surface area contributed by atoms with Gasteiger partial charge in [0.05, 0.1) is 11.0 Å². The lowest BCUT2D eigenvalue weighted by Gasteiger charge is -2.12. The zero-order valence-electron chi connectivity index (χ0n) is 15.4. The fourth-order valence-electron chi connectivity index (χ4n) is 3.28. The Balaban J connectivity index is 1.59. The highest BCUT2D eigenvalue weighted by molar-refractivity contribution is 5.96. The number of benzene rings is 3. The average molecular weight is 384 g/mol. The Labute approximate surface area is 165 Å². The molecule has 5 aromatic rings. The second-order valence-corrected chi connectivity index (χ2v) is 6.57. The standard InChI is InChI=1S/C22H17FN6/c23-13-14-7-1-4-10-17(14)24-22-25-18-11-5-2-8-15(18)20(27-22)26-21-16-9-3-6-12-19(16)28-29-21/h1-12H,13H2,(H3,24,25,26,27,28,29). The molecule has 0 aliphatic heterocycles. The first-order valence-electron chi connectivity index (χ1n) is 9.19. The summed E-state index contributed by atoms with van der Waals surface area (Å²) < 4.78 is 13.3. The van der Waals surface area contributed by atoms with Gasteiger partial charge >= 0.3 is 0 Å². The van der Waals surface area contributed by atoms with Crippen molar-refractivity contribution in [3.05, 3.63) is 78.4 Å². The second kappa shape index (κ2) is 7.20. The number of aromatic nitrogens is 4. The molecule has 5 rings (SSSR count). The number of hydrogen-bond donors (Lipinski definition) is 3. The molecule has 0 saturated carbocycles. The maximum absolute atomic E-state index is 13.3. The van der Waals surface area contributed by atoms with Crippen LogP contribution < -0.4 is 10.6 Å². The summed E-state index contributed by atoms with van der Waals surface area (Å²) in [5.41, 5.74) is 2.90. The number of rotatable bonds is 5. The molecule has 6 nitrogen and oxygen atoms in total. The molecule has 0 radical (unpaired) electrons. The van der Waals surface area contributed by atoms with Gasteiger partial charge in [0.1, 0.15) is 12.5 Å². The third kappa shape index (κ3) is 3.23. The van der Waals surface area contributed by atoms with Gasteiger partial charge in [0, 0.05) is 22.0 Å². The van der Waals surface area contributed by atoms with Crippen LogP contribution in [0.4, 0.5) is 27.7 Å². The number of hydrogen-bond acceptors (Lipinski definition) is 5. The van der Waals surface area contributed by atoms with E-state index in [1.807, 2.05) is 60.7 Å². The monoisotopic (exact) mass is 384 g/mol. The molecule has 3 N–H and O–H groups in total. The van der Waals surface area contributed by atoms with Crippen molar-refractivity contribution in [2.24, 2.45) is 0 Å². The molecule has 29 heavy (non-hydrogen) atoms. The number of alkyl halides is 1. The molecule has 7 heteroatoms. The topological polar surface area (TPSA) is 78.5 Å². The molecule has 0 saturated heterocycles. The highest BCUT2D eigenvalue weighted by Crippen LogP contribution is 2.29. The third-order valence-corrected chi connectivity index (χ3v) is 4.72. The van der Waals surface area contributed by atoms with Crippen molar-refractivity contribution < 1.29 is 4.39 Å². The Morgan fingerprint density at radius 2 is 1.52 bits per heavy atom. The molecule has 142 valence electrons. The number of para-hydroxylation sites is 3. The lowest BCUT2D eigenvalue weighted by Crippen LogP contribution is -2.04. The molecule has 3 aromatic carbocycles. The summed E-state index contributed by atoms with van der Waals surface area (Å²) >= 11 is 0. The molecular formula is C22H17FN6. The molecule has 0 bridgehead atoms. The van der Waals surface area contributed by atoms with Crippen molar-refractivity contribution in [2.45, 2.75) is 6.67 Å². The third-order valence-electron chi connectivity index (χ3n) is 4.72. The minimum Gasteiger partial charge on any atom is -0.324 e. The molecule has 0 aliphatic rings. The minimum absolute atomic E-state index is 0.381. The van der Waals surface area contributed by atoms with Crippen LogP contribution >= 0.6 is 0 Å². The van der Waals surface area contributed by atoms with Crippen LogP contribution in [0.5, 0.6) is 0 Å². The van der Waals surface area contributed by atoms with Crippen LogP contribution in [0.3, 0.4) is 0 Å². The number of aromatic amines is 1. The van der Waals surface area contributed by atoms with Gasteiger partial charge < -0.3 is 10.6 Å². The fraction of sp³-hybridized carbons (Fsp3) is 0.0455. The number of H-pyrrole nitrogens is 1. The Hall–Kier alpha value is -4.00. The predicted octanol–water partition coefficient (Wildman–Crippen LogP) is 5.46.